The second-order valence-corrected chi connectivity index (χ2v) is 5.48. The lowest BCUT2D eigenvalue weighted by molar-refractivity contribution is 0.102. The number of amides is 1. The average Bonchev–Trinajstić information content (AvgIpc) is 3.04. The van der Waals surface area contributed by atoms with Crippen LogP contribution in [0.3, 0.4) is 0 Å². The molecule has 0 saturated carbocycles. The van der Waals surface area contributed by atoms with Gasteiger partial charge in [0.15, 0.2) is 0 Å². The second-order valence-electron chi connectivity index (χ2n) is 5.07. The zero-order valence-corrected chi connectivity index (χ0v) is 12.8. The van der Waals surface area contributed by atoms with Crippen molar-refractivity contribution in [3.8, 4) is 5.69 Å². The third-order valence-electron chi connectivity index (χ3n) is 3.40. The van der Waals surface area contributed by atoms with Crippen molar-refractivity contribution >= 4 is 23.2 Å². The molecule has 3 aromatic rings. The van der Waals surface area contributed by atoms with Gasteiger partial charge in [0.1, 0.15) is 0 Å². The van der Waals surface area contributed by atoms with Crippen molar-refractivity contribution in [3.63, 3.8) is 0 Å². The smallest absolute Gasteiger partial charge is 0.255 e. The fraction of sp³-hybridized carbons (Fsp3) is 0.0556. The van der Waals surface area contributed by atoms with Crippen molar-refractivity contribution in [2.75, 3.05) is 5.32 Å². The van der Waals surface area contributed by atoms with E-state index in [0.29, 0.717) is 16.3 Å². The van der Waals surface area contributed by atoms with E-state index < -0.39 is 0 Å². The minimum Gasteiger partial charge on any atom is -0.324 e. The zero-order valence-electron chi connectivity index (χ0n) is 12.1. The van der Waals surface area contributed by atoms with Crippen LogP contribution in [0.5, 0.6) is 0 Å². The maximum Gasteiger partial charge on any atom is 0.255 e. The van der Waals surface area contributed by atoms with Crippen molar-refractivity contribution in [2.24, 2.45) is 0 Å². The highest BCUT2D eigenvalue weighted by Crippen LogP contribution is 2.23. The molecule has 0 radical (unpaired) electrons. The number of nitrogens with zero attached hydrogens (tertiary/aromatic N) is 1. The summed E-state index contributed by atoms with van der Waals surface area (Å²) in [5.74, 6) is -0.176. The average molecular weight is 311 g/mol. The molecule has 0 saturated heterocycles. The second kappa shape index (κ2) is 6.08. The molecule has 0 unspecified atom stereocenters. The van der Waals surface area contributed by atoms with Gasteiger partial charge in [-0.3, -0.25) is 4.79 Å². The van der Waals surface area contributed by atoms with Gasteiger partial charge >= 0.3 is 0 Å². The number of aromatic nitrogens is 1. The van der Waals surface area contributed by atoms with E-state index in [9.17, 15) is 4.79 Å². The summed E-state index contributed by atoms with van der Waals surface area (Å²) in [6, 6.07) is 16.9. The van der Waals surface area contributed by atoms with Crippen LogP contribution < -0.4 is 5.32 Å². The number of halogens is 1. The fourth-order valence-electron chi connectivity index (χ4n) is 2.21. The number of carbonyl (C=O) groups is 1. The molecule has 3 nitrogen and oxygen atoms in total. The quantitative estimate of drug-likeness (QED) is 0.748. The van der Waals surface area contributed by atoms with Crippen LogP contribution in [-0.2, 0) is 0 Å². The minimum atomic E-state index is -0.176. The Balaban J connectivity index is 1.77. The van der Waals surface area contributed by atoms with Gasteiger partial charge in [-0.25, -0.2) is 0 Å². The first-order valence-electron chi connectivity index (χ1n) is 6.94. The molecule has 1 amide bonds. The number of hydrogen-bond acceptors (Lipinski definition) is 1. The molecule has 0 atom stereocenters. The molecule has 0 spiro atoms. The van der Waals surface area contributed by atoms with Crippen LogP contribution in [0.15, 0.2) is 67.0 Å². The van der Waals surface area contributed by atoms with Crippen LogP contribution in [-0.4, -0.2) is 10.5 Å². The van der Waals surface area contributed by atoms with E-state index in [0.717, 1.165) is 11.3 Å². The summed E-state index contributed by atoms with van der Waals surface area (Å²) in [5, 5.41) is 3.37. The number of aryl methyl sites for hydroxylation is 1. The number of hydrogen-bond donors (Lipinski definition) is 1. The van der Waals surface area contributed by atoms with Gasteiger partial charge in [-0.1, -0.05) is 17.7 Å². The van der Waals surface area contributed by atoms with E-state index in [-0.39, 0.29) is 5.91 Å². The SMILES string of the molecule is Cc1ccc(NC(=O)c2ccc(-n3cccc3)cc2)c(Cl)c1. The topological polar surface area (TPSA) is 34.0 Å². The fourth-order valence-corrected chi connectivity index (χ4v) is 2.49. The molecule has 3 rings (SSSR count). The van der Waals surface area contributed by atoms with Crippen molar-refractivity contribution in [1.29, 1.82) is 0 Å². The third kappa shape index (κ3) is 3.05. The van der Waals surface area contributed by atoms with E-state index >= 15 is 0 Å². The van der Waals surface area contributed by atoms with Gasteiger partial charge < -0.3 is 9.88 Å². The Kier molecular flexibility index (Phi) is 3.98. The summed E-state index contributed by atoms with van der Waals surface area (Å²) in [5.41, 5.74) is 3.27. The van der Waals surface area contributed by atoms with Crippen molar-refractivity contribution in [1.82, 2.24) is 4.57 Å². The maximum absolute atomic E-state index is 12.3. The van der Waals surface area contributed by atoms with E-state index in [1.54, 1.807) is 12.1 Å². The Labute approximate surface area is 134 Å². The van der Waals surface area contributed by atoms with Crippen LogP contribution in [0.1, 0.15) is 15.9 Å². The zero-order chi connectivity index (χ0) is 15.5. The first kappa shape index (κ1) is 14.4. The molecule has 0 fully saturated rings. The van der Waals surface area contributed by atoms with Gasteiger partial charge in [0.25, 0.3) is 5.91 Å². The maximum atomic E-state index is 12.3. The minimum absolute atomic E-state index is 0.176. The Bertz CT molecular complexity index is 792. The Morgan fingerprint density at radius 1 is 1.05 bits per heavy atom. The van der Waals surface area contributed by atoms with Crippen molar-refractivity contribution < 1.29 is 4.79 Å². The molecule has 1 heterocycles. The summed E-state index contributed by atoms with van der Waals surface area (Å²) in [6.45, 7) is 1.96. The summed E-state index contributed by atoms with van der Waals surface area (Å²) >= 11 is 6.14. The lowest BCUT2D eigenvalue weighted by atomic mass is 10.1. The molecule has 110 valence electrons. The summed E-state index contributed by atoms with van der Waals surface area (Å²) in [4.78, 5) is 12.3. The number of nitrogens with one attached hydrogen (secondary N) is 1. The van der Waals surface area contributed by atoms with Gasteiger partial charge in [-0.15, -0.1) is 0 Å². The van der Waals surface area contributed by atoms with Gasteiger partial charge in [0.2, 0.25) is 0 Å². The molecule has 0 bridgehead atoms. The number of anilines is 1. The van der Waals surface area contributed by atoms with Crippen LogP contribution in [0.25, 0.3) is 5.69 Å². The predicted molar refractivity (Wildman–Crippen MR) is 89.9 cm³/mol. The molecule has 0 aliphatic heterocycles. The molecule has 4 heteroatoms. The van der Waals surface area contributed by atoms with E-state index in [1.165, 1.54) is 0 Å². The molecular weight excluding hydrogens is 296 g/mol. The molecule has 1 aromatic heterocycles. The highest BCUT2D eigenvalue weighted by Gasteiger charge is 2.08. The Morgan fingerprint density at radius 2 is 1.73 bits per heavy atom. The summed E-state index contributed by atoms with van der Waals surface area (Å²) < 4.78 is 1.98. The number of benzene rings is 2. The largest absolute Gasteiger partial charge is 0.324 e. The van der Waals surface area contributed by atoms with Gasteiger partial charge in [0.05, 0.1) is 10.7 Å². The molecular formula is C18H15ClN2O. The monoisotopic (exact) mass is 310 g/mol. The van der Waals surface area contributed by atoms with E-state index in [2.05, 4.69) is 5.32 Å². The highest BCUT2D eigenvalue weighted by molar-refractivity contribution is 6.34. The van der Waals surface area contributed by atoms with E-state index in [1.807, 2.05) is 66.3 Å². The third-order valence-corrected chi connectivity index (χ3v) is 3.72. The van der Waals surface area contributed by atoms with Crippen molar-refractivity contribution in [2.45, 2.75) is 6.92 Å². The molecule has 0 aliphatic rings. The molecule has 0 aliphatic carbocycles. The summed E-state index contributed by atoms with van der Waals surface area (Å²) in [7, 11) is 0. The normalized spacial score (nSPS) is 10.5. The standard InChI is InChI=1S/C18H15ClN2O/c1-13-4-9-17(16(19)12-13)20-18(22)14-5-7-15(8-6-14)21-10-2-3-11-21/h2-12H,1H3,(H,20,22). The first-order valence-corrected chi connectivity index (χ1v) is 7.32. The lowest BCUT2D eigenvalue weighted by Crippen LogP contribution is -2.12. The summed E-state index contributed by atoms with van der Waals surface area (Å²) in [6.07, 6.45) is 3.92. The van der Waals surface area contributed by atoms with Crippen molar-refractivity contribution in [3.05, 3.63) is 83.1 Å². The lowest BCUT2D eigenvalue weighted by Gasteiger charge is -2.09. The number of carbonyl (C=O) groups excluding carboxylic acids is 1. The highest BCUT2D eigenvalue weighted by atomic mass is 35.5. The van der Waals surface area contributed by atoms with Crippen LogP contribution in [0, 0.1) is 6.92 Å². The predicted octanol–water partition coefficient (Wildman–Crippen LogP) is 4.69. The van der Waals surface area contributed by atoms with E-state index in [4.69, 9.17) is 11.6 Å². The van der Waals surface area contributed by atoms with Crippen LogP contribution in [0.2, 0.25) is 5.02 Å². The van der Waals surface area contributed by atoms with Crippen LogP contribution >= 0.6 is 11.6 Å². The molecule has 2 aromatic carbocycles. The Morgan fingerprint density at radius 3 is 2.36 bits per heavy atom. The molecule has 1 N–H and O–H groups in total. The first-order chi connectivity index (χ1) is 10.6. The van der Waals surface area contributed by atoms with Crippen LogP contribution in [0.4, 0.5) is 5.69 Å². The molecule has 22 heavy (non-hydrogen) atoms. The Hall–Kier alpha value is -2.52. The van der Waals surface area contributed by atoms with Gasteiger partial charge in [-0.05, 0) is 61.0 Å². The number of rotatable bonds is 3. The van der Waals surface area contributed by atoms with Gasteiger partial charge in [-0.2, -0.15) is 0 Å². The van der Waals surface area contributed by atoms with Gasteiger partial charge in [0, 0.05) is 23.6 Å².